The summed E-state index contributed by atoms with van der Waals surface area (Å²) in [4.78, 5) is 0. The van der Waals surface area contributed by atoms with Crippen molar-refractivity contribution >= 4 is 0 Å². The van der Waals surface area contributed by atoms with Gasteiger partial charge in [0.2, 0.25) is 0 Å². The van der Waals surface area contributed by atoms with Crippen LogP contribution in [0.2, 0.25) is 0 Å². The third-order valence-corrected chi connectivity index (χ3v) is 3.34. The Hall–Kier alpha value is -1.02. The number of aryl methyl sites for hydroxylation is 1. The van der Waals surface area contributed by atoms with Gasteiger partial charge in [-0.2, -0.15) is 0 Å². The van der Waals surface area contributed by atoms with E-state index in [4.69, 9.17) is 4.74 Å². The van der Waals surface area contributed by atoms with Crippen LogP contribution in [0, 0.1) is 12.3 Å². The van der Waals surface area contributed by atoms with Crippen LogP contribution in [0.5, 0.6) is 5.75 Å². The standard InChI is InChI=1S/C17H28O2/c1-12-8-9-14(13(10-12)16(2,3)4)19-11-15(18)17(5,6)7/h8-10,15,18H,11H2,1-7H3. The molecule has 0 saturated heterocycles. The summed E-state index contributed by atoms with van der Waals surface area (Å²) in [6.07, 6.45) is -0.471. The molecular weight excluding hydrogens is 236 g/mol. The molecule has 1 unspecified atom stereocenters. The van der Waals surface area contributed by atoms with Crippen LogP contribution in [-0.4, -0.2) is 17.8 Å². The molecule has 0 radical (unpaired) electrons. The topological polar surface area (TPSA) is 29.5 Å². The highest BCUT2D eigenvalue weighted by Gasteiger charge is 2.24. The summed E-state index contributed by atoms with van der Waals surface area (Å²) < 4.78 is 5.86. The first-order valence-corrected chi connectivity index (χ1v) is 6.94. The molecule has 19 heavy (non-hydrogen) atoms. The molecule has 108 valence electrons. The van der Waals surface area contributed by atoms with Crippen LogP contribution in [0.25, 0.3) is 0 Å². The van der Waals surface area contributed by atoms with Crippen LogP contribution in [0.15, 0.2) is 18.2 Å². The maximum absolute atomic E-state index is 10.1. The van der Waals surface area contributed by atoms with Crippen LogP contribution in [0.4, 0.5) is 0 Å². The SMILES string of the molecule is Cc1ccc(OCC(O)C(C)(C)C)c(C(C)(C)C)c1. The molecule has 1 aromatic rings. The fourth-order valence-electron chi connectivity index (χ4n) is 1.77. The maximum Gasteiger partial charge on any atom is 0.123 e. The first-order valence-electron chi connectivity index (χ1n) is 6.94. The molecule has 1 rings (SSSR count). The molecule has 0 bridgehead atoms. The van der Waals surface area contributed by atoms with Gasteiger partial charge in [-0.15, -0.1) is 0 Å². The summed E-state index contributed by atoms with van der Waals surface area (Å²) in [6.45, 7) is 15.0. The van der Waals surface area contributed by atoms with E-state index in [9.17, 15) is 5.11 Å². The molecule has 0 aliphatic rings. The second-order valence-electron chi connectivity index (χ2n) is 7.44. The van der Waals surface area contributed by atoms with Gasteiger partial charge in [-0.25, -0.2) is 0 Å². The van der Waals surface area contributed by atoms with Gasteiger partial charge in [0.05, 0.1) is 6.10 Å². The van der Waals surface area contributed by atoms with Crippen molar-refractivity contribution in [1.82, 2.24) is 0 Å². The monoisotopic (exact) mass is 264 g/mol. The summed E-state index contributed by atoms with van der Waals surface area (Å²) in [6, 6.07) is 6.22. The zero-order chi connectivity index (χ0) is 14.8. The summed E-state index contributed by atoms with van der Waals surface area (Å²) in [5.41, 5.74) is 2.29. The lowest BCUT2D eigenvalue weighted by molar-refractivity contribution is 0.0213. The Balaban J connectivity index is 2.90. The summed E-state index contributed by atoms with van der Waals surface area (Å²) >= 11 is 0. The Labute approximate surface area is 117 Å². The number of ether oxygens (including phenoxy) is 1. The van der Waals surface area contributed by atoms with Crippen molar-refractivity contribution < 1.29 is 9.84 Å². The van der Waals surface area contributed by atoms with E-state index < -0.39 is 6.10 Å². The highest BCUT2D eigenvalue weighted by atomic mass is 16.5. The molecule has 2 heteroatoms. The number of aliphatic hydroxyl groups is 1. The molecule has 1 atom stereocenters. The lowest BCUT2D eigenvalue weighted by atomic mass is 9.85. The average molecular weight is 264 g/mol. The van der Waals surface area contributed by atoms with Crippen molar-refractivity contribution in [3.05, 3.63) is 29.3 Å². The molecule has 0 spiro atoms. The highest BCUT2D eigenvalue weighted by molar-refractivity contribution is 5.41. The Morgan fingerprint density at radius 1 is 1.11 bits per heavy atom. The molecular formula is C17H28O2. The molecule has 0 saturated carbocycles. The predicted molar refractivity (Wildman–Crippen MR) is 80.8 cm³/mol. The van der Waals surface area contributed by atoms with Crippen molar-refractivity contribution in [1.29, 1.82) is 0 Å². The second kappa shape index (κ2) is 5.54. The van der Waals surface area contributed by atoms with Crippen molar-refractivity contribution in [2.24, 2.45) is 5.41 Å². The first kappa shape index (κ1) is 16.0. The molecule has 2 nitrogen and oxygen atoms in total. The highest BCUT2D eigenvalue weighted by Crippen LogP contribution is 2.32. The number of benzene rings is 1. The lowest BCUT2D eigenvalue weighted by Gasteiger charge is -2.28. The van der Waals surface area contributed by atoms with Gasteiger partial charge >= 0.3 is 0 Å². The summed E-state index contributed by atoms with van der Waals surface area (Å²) in [7, 11) is 0. The first-order chi connectivity index (χ1) is 8.51. The number of rotatable bonds is 3. The summed E-state index contributed by atoms with van der Waals surface area (Å²) in [5, 5.41) is 10.1. The summed E-state index contributed by atoms with van der Waals surface area (Å²) in [5.74, 6) is 0.876. The minimum absolute atomic E-state index is 0.0358. The van der Waals surface area contributed by atoms with E-state index in [2.05, 4.69) is 33.8 Å². The van der Waals surface area contributed by atoms with Crippen LogP contribution < -0.4 is 4.74 Å². The van der Waals surface area contributed by atoms with E-state index >= 15 is 0 Å². The van der Waals surface area contributed by atoms with E-state index in [0.717, 1.165) is 5.75 Å². The molecule has 0 aliphatic heterocycles. The minimum atomic E-state index is -0.471. The number of hydrogen-bond donors (Lipinski definition) is 1. The predicted octanol–water partition coefficient (Wildman–Crippen LogP) is 4.08. The zero-order valence-corrected chi connectivity index (χ0v) is 13.4. The van der Waals surface area contributed by atoms with Gasteiger partial charge in [-0.3, -0.25) is 0 Å². The third kappa shape index (κ3) is 4.54. The molecule has 1 aromatic carbocycles. The maximum atomic E-state index is 10.1. The van der Waals surface area contributed by atoms with E-state index in [1.54, 1.807) is 0 Å². The van der Waals surface area contributed by atoms with E-state index in [1.807, 2.05) is 32.9 Å². The molecule has 0 amide bonds. The normalized spacial score (nSPS) is 14.3. The van der Waals surface area contributed by atoms with Crippen LogP contribution in [0.3, 0.4) is 0 Å². The van der Waals surface area contributed by atoms with Crippen molar-refractivity contribution in [3.8, 4) is 5.75 Å². The molecule has 0 fully saturated rings. The smallest absolute Gasteiger partial charge is 0.123 e. The number of aliphatic hydroxyl groups excluding tert-OH is 1. The third-order valence-electron chi connectivity index (χ3n) is 3.34. The molecule has 0 heterocycles. The Bertz CT molecular complexity index is 422. The average Bonchev–Trinajstić information content (AvgIpc) is 2.24. The second-order valence-corrected chi connectivity index (χ2v) is 7.44. The Morgan fingerprint density at radius 3 is 2.16 bits per heavy atom. The van der Waals surface area contributed by atoms with Crippen LogP contribution in [-0.2, 0) is 5.41 Å². The lowest BCUT2D eigenvalue weighted by Crippen LogP contribution is -2.32. The van der Waals surface area contributed by atoms with E-state index in [1.165, 1.54) is 11.1 Å². The van der Waals surface area contributed by atoms with E-state index in [0.29, 0.717) is 6.61 Å². The minimum Gasteiger partial charge on any atom is -0.491 e. The van der Waals surface area contributed by atoms with Crippen LogP contribution >= 0.6 is 0 Å². The quantitative estimate of drug-likeness (QED) is 0.891. The van der Waals surface area contributed by atoms with Gasteiger partial charge in [-0.1, -0.05) is 59.2 Å². The van der Waals surface area contributed by atoms with Crippen LogP contribution in [0.1, 0.15) is 52.7 Å². The Kier molecular flexibility index (Phi) is 4.67. The molecule has 0 aliphatic carbocycles. The number of hydrogen-bond acceptors (Lipinski definition) is 2. The molecule has 0 aromatic heterocycles. The van der Waals surface area contributed by atoms with Gasteiger partial charge in [0.25, 0.3) is 0 Å². The Morgan fingerprint density at radius 2 is 1.68 bits per heavy atom. The van der Waals surface area contributed by atoms with Gasteiger partial charge in [-0.05, 0) is 29.4 Å². The van der Waals surface area contributed by atoms with Crippen molar-refractivity contribution in [2.45, 2.75) is 60.0 Å². The van der Waals surface area contributed by atoms with Gasteiger partial charge in [0.15, 0.2) is 0 Å². The fraction of sp³-hybridized carbons (Fsp3) is 0.647. The van der Waals surface area contributed by atoms with Gasteiger partial charge < -0.3 is 9.84 Å². The zero-order valence-electron chi connectivity index (χ0n) is 13.4. The molecule has 1 N–H and O–H groups in total. The van der Waals surface area contributed by atoms with Crippen molar-refractivity contribution in [2.75, 3.05) is 6.61 Å². The fourth-order valence-corrected chi connectivity index (χ4v) is 1.77. The van der Waals surface area contributed by atoms with E-state index in [-0.39, 0.29) is 10.8 Å². The van der Waals surface area contributed by atoms with Gasteiger partial charge in [0.1, 0.15) is 12.4 Å². The largest absolute Gasteiger partial charge is 0.491 e. The van der Waals surface area contributed by atoms with Crippen molar-refractivity contribution in [3.63, 3.8) is 0 Å². The van der Waals surface area contributed by atoms with Gasteiger partial charge in [0, 0.05) is 0 Å².